The third-order valence-corrected chi connectivity index (χ3v) is 2.95. The molecule has 2 nitrogen and oxygen atoms in total. The summed E-state index contributed by atoms with van der Waals surface area (Å²) in [6, 6.07) is 10.8. The summed E-state index contributed by atoms with van der Waals surface area (Å²) in [5.74, 6) is 0.0929. The van der Waals surface area contributed by atoms with Gasteiger partial charge in [-0.2, -0.15) is 13.2 Å². The molecular weight excluding hydrogens is 281 g/mol. The van der Waals surface area contributed by atoms with Crippen LogP contribution in [0, 0.1) is 6.92 Å². The van der Waals surface area contributed by atoms with Crippen LogP contribution < -0.4 is 4.74 Å². The highest BCUT2D eigenvalue weighted by atomic mass is 19.4. The number of aliphatic hydroxyl groups excluding tert-OH is 1. The van der Waals surface area contributed by atoms with Gasteiger partial charge in [0.25, 0.3) is 0 Å². The Labute approximate surface area is 120 Å². The summed E-state index contributed by atoms with van der Waals surface area (Å²) in [6.45, 7) is 1.57. The van der Waals surface area contributed by atoms with E-state index >= 15 is 0 Å². The van der Waals surface area contributed by atoms with Gasteiger partial charge < -0.3 is 9.84 Å². The first-order valence-corrected chi connectivity index (χ1v) is 6.43. The third kappa shape index (κ3) is 3.98. The van der Waals surface area contributed by atoms with Crippen molar-refractivity contribution in [3.8, 4) is 16.9 Å². The summed E-state index contributed by atoms with van der Waals surface area (Å²) in [5.41, 5.74) is 1.31. The quantitative estimate of drug-likeness (QED) is 0.922. The predicted molar refractivity (Wildman–Crippen MR) is 74.2 cm³/mol. The monoisotopic (exact) mass is 296 g/mol. The van der Waals surface area contributed by atoms with E-state index in [0.29, 0.717) is 11.1 Å². The number of hydrogen-bond acceptors (Lipinski definition) is 2. The Morgan fingerprint density at radius 2 is 1.81 bits per heavy atom. The second-order valence-corrected chi connectivity index (χ2v) is 4.69. The van der Waals surface area contributed by atoms with Gasteiger partial charge in [0, 0.05) is 0 Å². The molecule has 0 aliphatic carbocycles. The van der Waals surface area contributed by atoms with Crippen molar-refractivity contribution in [2.75, 3.05) is 13.2 Å². The second-order valence-electron chi connectivity index (χ2n) is 4.69. The standard InChI is InChI=1S/C16H15F3O2/c1-11-3-2-4-12(7-11)13-8-14(16(17,18)19)10-15(9-13)21-6-5-20/h2-4,7-10,20H,5-6H2,1H3. The molecule has 0 unspecified atom stereocenters. The molecule has 0 aliphatic heterocycles. The minimum atomic E-state index is -4.45. The molecule has 5 heteroatoms. The lowest BCUT2D eigenvalue weighted by molar-refractivity contribution is -0.137. The lowest BCUT2D eigenvalue weighted by atomic mass is 10.0. The molecule has 0 saturated carbocycles. The highest BCUT2D eigenvalue weighted by molar-refractivity contribution is 5.67. The van der Waals surface area contributed by atoms with E-state index in [4.69, 9.17) is 9.84 Å². The number of ether oxygens (including phenoxy) is 1. The Hall–Kier alpha value is -2.01. The molecule has 0 heterocycles. The normalized spacial score (nSPS) is 11.5. The molecule has 2 aromatic rings. The van der Waals surface area contributed by atoms with Crippen molar-refractivity contribution in [1.82, 2.24) is 0 Å². The maximum atomic E-state index is 13.0. The van der Waals surface area contributed by atoms with Crippen molar-refractivity contribution >= 4 is 0 Å². The van der Waals surface area contributed by atoms with Gasteiger partial charge in [0.15, 0.2) is 0 Å². The number of rotatable bonds is 4. The Morgan fingerprint density at radius 3 is 2.43 bits per heavy atom. The van der Waals surface area contributed by atoms with Gasteiger partial charge >= 0.3 is 6.18 Å². The fourth-order valence-electron chi connectivity index (χ4n) is 2.00. The van der Waals surface area contributed by atoms with E-state index in [1.54, 1.807) is 18.2 Å². The molecule has 0 amide bonds. The van der Waals surface area contributed by atoms with Crippen LogP contribution in [0.1, 0.15) is 11.1 Å². The second kappa shape index (κ2) is 6.18. The van der Waals surface area contributed by atoms with Crippen LogP contribution in [0.2, 0.25) is 0 Å². The van der Waals surface area contributed by atoms with Crippen molar-refractivity contribution in [2.45, 2.75) is 13.1 Å². The zero-order valence-electron chi connectivity index (χ0n) is 11.4. The van der Waals surface area contributed by atoms with Crippen molar-refractivity contribution in [2.24, 2.45) is 0 Å². The summed E-state index contributed by atoms with van der Waals surface area (Å²) >= 11 is 0. The van der Waals surface area contributed by atoms with E-state index in [1.807, 2.05) is 19.1 Å². The van der Waals surface area contributed by atoms with Gasteiger partial charge in [0.05, 0.1) is 12.2 Å². The topological polar surface area (TPSA) is 29.5 Å². The highest BCUT2D eigenvalue weighted by Crippen LogP contribution is 2.35. The predicted octanol–water partition coefficient (Wildman–Crippen LogP) is 4.05. The number of hydrogen-bond donors (Lipinski definition) is 1. The molecule has 1 N–H and O–H groups in total. The zero-order chi connectivity index (χ0) is 15.5. The van der Waals surface area contributed by atoms with E-state index in [1.165, 1.54) is 0 Å². The Bertz CT molecular complexity index is 621. The fraction of sp³-hybridized carbons (Fsp3) is 0.250. The summed E-state index contributed by atoms with van der Waals surface area (Å²) in [7, 11) is 0. The van der Waals surface area contributed by atoms with Gasteiger partial charge in [-0.3, -0.25) is 0 Å². The molecule has 0 aromatic heterocycles. The van der Waals surface area contributed by atoms with E-state index in [2.05, 4.69) is 0 Å². The summed E-state index contributed by atoms with van der Waals surface area (Å²) < 4.78 is 44.0. The van der Waals surface area contributed by atoms with Gasteiger partial charge in [0.2, 0.25) is 0 Å². The van der Waals surface area contributed by atoms with Crippen LogP contribution in [0.25, 0.3) is 11.1 Å². The molecule has 0 aliphatic rings. The van der Waals surface area contributed by atoms with Crippen molar-refractivity contribution < 1.29 is 23.0 Å². The SMILES string of the molecule is Cc1cccc(-c2cc(OCCO)cc(C(F)(F)F)c2)c1. The molecule has 2 aromatic carbocycles. The van der Waals surface area contributed by atoms with Crippen molar-refractivity contribution in [3.63, 3.8) is 0 Å². The lowest BCUT2D eigenvalue weighted by Gasteiger charge is -2.13. The van der Waals surface area contributed by atoms with Gasteiger partial charge in [-0.25, -0.2) is 0 Å². The molecular formula is C16H15F3O2. The zero-order valence-corrected chi connectivity index (χ0v) is 11.4. The van der Waals surface area contributed by atoms with Crippen LogP contribution in [0.3, 0.4) is 0 Å². The fourth-order valence-corrected chi connectivity index (χ4v) is 2.00. The van der Waals surface area contributed by atoms with Crippen LogP contribution in [-0.2, 0) is 6.18 Å². The van der Waals surface area contributed by atoms with E-state index in [-0.39, 0.29) is 19.0 Å². The van der Waals surface area contributed by atoms with Gasteiger partial charge in [0.1, 0.15) is 12.4 Å². The number of alkyl halides is 3. The lowest BCUT2D eigenvalue weighted by Crippen LogP contribution is -2.07. The van der Waals surface area contributed by atoms with Crippen molar-refractivity contribution in [1.29, 1.82) is 0 Å². The number of aryl methyl sites for hydroxylation is 1. The molecule has 0 fully saturated rings. The number of aliphatic hydroxyl groups is 1. The Kier molecular flexibility index (Phi) is 4.53. The van der Waals surface area contributed by atoms with Gasteiger partial charge in [-0.05, 0) is 36.2 Å². The summed E-state index contributed by atoms with van der Waals surface area (Å²) in [6.07, 6.45) is -4.45. The largest absolute Gasteiger partial charge is 0.491 e. The first-order valence-electron chi connectivity index (χ1n) is 6.43. The van der Waals surface area contributed by atoms with E-state index in [9.17, 15) is 13.2 Å². The van der Waals surface area contributed by atoms with E-state index < -0.39 is 11.7 Å². The smallest absolute Gasteiger partial charge is 0.416 e. The number of benzene rings is 2. The Balaban J connectivity index is 2.49. The van der Waals surface area contributed by atoms with Crippen LogP contribution >= 0.6 is 0 Å². The molecule has 0 atom stereocenters. The van der Waals surface area contributed by atoms with Crippen LogP contribution in [0.5, 0.6) is 5.75 Å². The number of halogens is 3. The maximum absolute atomic E-state index is 13.0. The summed E-state index contributed by atoms with van der Waals surface area (Å²) in [5, 5.41) is 8.73. The van der Waals surface area contributed by atoms with Crippen LogP contribution in [-0.4, -0.2) is 18.3 Å². The average Bonchev–Trinajstić information content (AvgIpc) is 2.44. The van der Waals surface area contributed by atoms with Gasteiger partial charge in [-0.15, -0.1) is 0 Å². The molecule has 21 heavy (non-hydrogen) atoms. The van der Waals surface area contributed by atoms with Crippen molar-refractivity contribution in [3.05, 3.63) is 53.6 Å². The molecule has 0 saturated heterocycles. The van der Waals surface area contributed by atoms with Crippen LogP contribution in [0.15, 0.2) is 42.5 Å². The minimum Gasteiger partial charge on any atom is -0.491 e. The first-order chi connectivity index (χ1) is 9.90. The highest BCUT2D eigenvalue weighted by Gasteiger charge is 2.31. The average molecular weight is 296 g/mol. The first kappa shape index (κ1) is 15.4. The summed E-state index contributed by atoms with van der Waals surface area (Å²) in [4.78, 5) is 0. The minimum absolute atomic E-state index is 0.0471. The Morgan fingerprint density at radius 1 is 1.05 bits per heavy atom. The molecule has 0 radical (unpaired) electrons. The molecule has 0 bridgehead atoms. The van der Waals surface area contributed by atoms with E-state index in [0.717, 1.165) is 17.7 Å². The molecule has 0 spiro atoms. The molecule has 2 rings (SSSR count). The maximum Gasteiger partial charge on any atom is 0.416 e. The van der Waals surface area contributed by atoms with Gasteiger partial charge in [-0.1, -0.05) is 29.8 Å². The third-order valence-electron chi connectivity index (χ3n) is 2.95. The van der Waals surface area contributed by atoms with Crippen LogP contribution in [0.4, 0.5) is 13.2 Å². The molecule has 112 valence electrons.